The Hall–Kier alpha value is -3.48. The first-order valence-corrected chi connectivity index (χ1v) is 12.0. The number of rotatable bonds is 7. The lowest BCUT2D eigenvalue weighted by atomic mass is 10.1. The van der Waals surface area contributed by atoms with E-state index in [-0.39, 0.29) is 29.6 Å². The number of carbonyl (C=O) groups excluding carboxylic acids is 2. The molecule has 0 saturated heterocycles. The second kappa shape index (κ2) is 11.8. The number of hydrogen-bond donors (Lipinski definition) is 1. The number of nitrogens with zero attached hydrogens (tertiary/aromatic N) is 1. The zero-order valence-corrected chi connectivity index (χ0v) is 21.7. The molecule has 0 spiro atoms. The molecule has 1 amide bonds. The fourth-order valence-corrected chi connectivity index (χ4v) is 4.77. The van der Waals surface area contributed by atoms with Crippen molar-refractivity contribution < 1.29 is 28.9 Å². The van der Waals surface area contributed by atoms with E-state index in [4.69, 9.17) is 20.6 Å². The molecule has 1 N–H and O–H groups in total. The van der Waals surface area contributed by atoms with E-state index < -0.39 is 11.9 Å². The fraction of sp³-hybridized carbons (Fsp3) is 0.192. The Bertz CT molecular complexity index is 1310. The minimum absolute atomic E-state index is 0.0560. The Kier molecular flexibility index (Phi) is 8.79. The third-order valence-electron chi connectivity index (χ3n) is 4.80. The van der Waals surface area contributed by atoms with E-state index in [2.05, 4.69) is 26.8 Å². The van der Waals surface area contributed by atoms with Gasteiger partial charge in [0, 0.05) is 5.56 Å². The zero-order chi connectivity index (χ0) is 25.5. The lowest BCUT2D eigenvalue weighted by Crippen LogP contribution is -2.14. The number of halogens is 1. The van der Waals surface area contributed by atoms with E-state index in [1.807, 2.05) is 6.07 Å². The number of aryl methyl sites for hydroxylation is 1. The summed E-state index contributed by atoms with van der Waals surface area (Å²) in [5, 5.41) is 10.9. The van der Waals surface area contributed by atoms with E-state index in [1.54, 1.807) is 50.3 Å². The van der Waals surface area contributed by atoms with Gasteiger partial charge in [-0.3, -0.25) is 4.79 Å². The van der Waals surface area contributed by atoms with Crippen LogP contribution in [0.15, 0.2) is 62.1 Å². The molecular weight excluding hydrogens is 534 g/mol. The van der Waals surface area contributed by atoms with Crippen molar-refractivity contribution in [3.63, 3.8) is 0 Å². The first kappa shape index (κ1) is 26.1. The lowest BCUT2D eigenvalue weighted by molar-refractivity contribution is -0.138. The number of ether oxygens (including phenoxy) is 3. The predicted octanol–water partition coefficient (Wildman–Crippen LogP) is 5.48. The van der Waals surface area contributed by atoms with Crippen molar-refractivity contribution in [2.75, 3.05) is 20.3 Å². The van der Waals surface area contributed by atoms with Gasteiger partial charge in [0.2, 0.25) is 0 Å². The number of hydrogen-bond acceptors (Lipinski definition) is 7. The molecule has 180 valence electrons. The summed E-state index contributed by atoms with van der Waals surface area (Å²) in [4.78, 5) is 29.9. The van der Waals surface area contributed by atoms with Crippen LogP contribution in [0, 0.1) is 19.3 Å². The molecule has 0 radical (unpaired) electrons. The number of thioether (sulfide) groups is 1. The second-order valence-corrected chi connectivity index (χ2v) is 9.00. The molecular formula is C26H22BrNO6S. The number of methoxy groups -OCH3 is 1. The Balaban J connectivity index is 2.05. The molecule has 0 aromatic heterocycles. The van der Waals surface area contributed by atoms with E-state index in [0.29, 0.717) is 32.0 Å². The standard InChI is InChI=1S/C26H22BrNO6S/c1-5-11-34-23-18(27)12-16(13-19(23)32-4)14-20-22(29)21(26(31)33-6-2)25(35-20)28-24(30)17-10-8-7-9-15(17)3/h1,7-10,12-14,29H,6,11H2,2-4H3/b20-14-,28-25?. The normalized spacial score (nSPS) is 15.3. The van der Waals surface area contributed by atoms with Crippen LogP contribution in [-0.4, -0.2) is 42.4 Å². The summed E-state index contributed by atoms with van der Waals surface area (Å²) in [6.45, 7) is 3.60. The number of amides is 1. The van der Waals surface area contributed by atoms with E-state index in [0.717, 1.165) is 17.3 Å². The molecule has 1 heterocycles. The lowest BCUT2D eigenvalue weighted by Gasteiger charge is -2.12. The molecule has 7 nitrogen and oxygen atoms in total. The summed E-state index contributed by atoms with van der Waals surface area (Å²) in [6, 6.07) is 10.4. The topological polar surface area (TPSA) is 94.4 Å². The third kappa shape index (κ3) is 5.96. The summed E-state index contributed by atoms with van der Waals surface area (Å²) in [6.07, 6.45) is 6.91. The Morgan fingerprint density at radius 2 is 2.03 bits per heavy atom. The number of benzene rings is 2. The molecule has 2 aromatic carbocycles. The average molecular weight is 556 g/mol. The van der Waals surface area contributed by atoms with Crippen LogP contribution in [0.2, 0.25) is 0 Å². The number of aliphatic hydroxyl groups excluding tert-OH is 1. The van der Waals surface area contributed by atoms with E-state index in [1.165, 1.54) is 7.11 Å². The largest absolute Gasteiger partial charge is 0.506 e. The molecule has 0 aliphatic carbocycles. The molecule has 0 saturated carbocycles. The molecule has 0 bridgehead atoms. The van der Waals surface area contributed by atoms with Gasteiger partial charge in [-0.25, -0.2) is 9.79 Å². The maximum Gasteiger partial charge on any atom is 0.344 e. The molecule has 3 rings (SSSR count). The maximum atomic E-state index is 12.8. The molecule has 2 aromatic rings. The van der Waals surface area contributed by atoms with Gasteiger partial charge in [0.25, 0.3) is 5.91 Å². The summed E-state index contributed by atoms with van der Waals surface area (Å²) in [5.41, 5.74) is 1.61. The molecule has 35 heavy (non-hydrogen) atoms. The minimum atomic E-state index is -0.769. The highest BCUT2D eigenvalue weighted by molar-refractivity contribution is 9.10. The molecule has 0 unspecified atom stereocenters. The van der Waals surface area contributed by atoms with Crippen LogP contribution in [0.1, 0.15) is 28.4 Å². The number of aliphatic imine (C=N–C) groups is 1. The minimum Gasteiger partial charge on any atom is -0.506 e. The molecule has 9 heteroatoms. The summed E-state index contributed by atoms with van der Waals surface area (Å²) < 4.78 is 16.6. The van der Waals surface area contributed by atoms with Gasteiger partial charge in [0.05, 0.1) is 23.1 Å². The van der Waals surface area contributed by atoms with Gasteiger partial charge >= 0.3 is 5.97 Å². The zero-order valence-electron chi connectivity index (χ0n) is 19.3. The number of terminal acetylenes is 1. The van der Waals surface area contributed by atoms with Crippen LogP contribution < -0.4 is 9.47 Å². The monoisotopic (exact) mass is 555 g/mol. The summed E-state index contributed by atoms with van der Waals surface area (Å²) >= 11 is 4.43. The van der Waals surface area contributed by atoms with Crippen LogP contribution >= 0.6 is 27.7 Å². The molecule has 0 atom stereocenters. The van der Waals surface area contributed by atoms with Gasteiger partial charge in [0.15, 0.2) is 11.5 Å². The van der Waals surface area contributed by atoms with Crippen molar-refractivity contribution in [2.45, 2.75) is 13.8 Å². The van der Waals surface area contributed by atoms with Gasteiger partial charge in [-0.1, -0.05) is 35.9 Å². The Labute approximate surface area is 216 Å². The first-order chi connectivity index (χ1) is 16.8. The third-order valence-corrected chi connectivity index (χ3v) is 6.41. The quantitative estimate of drug-likeness (QED) is 0.357. The van der Waals surface area contributed by atoms with Crippen LogP contribution in [-0.2, 0) is 9.53 Å². The van der Waals surface area contributed by atoms with E-state index in [9.17, 15) is 14.7 Å². The highest BCUT2D eigenvalue weighted by atomic mass is 79.9. The highest BCUT2D eigenvalue weighted by Crippen LogP contribution is 2.42. The van der Waals surface area contributed by atoms with Gasteiger partial charge < -0.3 is 19.3 Å². The van der Waals surface area contributed by atoms with Crippen LogP contribution in [0.25, 0.3) is 6.08 Å². The molecule has 1 aliphatic heterocycles. The maximum absolute atomic E-state index is 12.8. The first-order valence-electron chi connectivity index (χ1n) is 10.4. The predicted molar refractivity (Wildman–Crippen MR) is 140 cm³/mol. The van der Waals surface area contributed by atoms with Crippen LogP contribution in [0.5, 0.6) is 11.5 Å². The van der Waals surface area contributed by atoms with Crippen molar-refractivity contribution in [2.24, 2.45) is 4.99 Å². The van der Waals surface area contributed by atoms with Gasteiger partial charge in [-0.05, 0) is 65.2 Å². The smallest absolute Gasteiger partial charge is 0.344 e. The van der Waals surface area contributed by atoms with Gasteiger partial charge in [-0.2, -0.15) is 0 Å². The number of aliphatic hydroxyl groups is 1. The molecule has 1 aliphatic rings. The Morgan fingerprint density at radius 1 is 1.29 bits per heavy atom. The molecule has 0 fully saturated rings. The van der Waals surface area contributed by atoms with Crippen LogP contribution in [0.4, 0.5) is 0 Å². The van der Waals surface area contributed by atoms with Crippen molar-refractivity contribution >= 4 is 50.7 Å². The van der Waals surface area contributed by atoms with Crippen molar-refractivity contribution in [1.82, 2.24) is 0 Å². The van der Waals surface area contributed by atoms with Crippen LogP contribution in [0.3, 0.4) is 0 Å². The van der Waals surface area contributed by atoms with E-state index >= 15 is 0 Å². The fourth-order valence-electron chi connectivity index (χ4n) is 3.19. The second-order valence-electron chi connectivity index (χ2n) is 7.12. The van der Waals surface area contributed by atoms with Crippen molar-refractivity contribution in [3.8, 4) is 23.8 Å². The number of esters is 1. The Morgan fingerprint density at radius 3 is 2.69 bits per heavy atom. The summed E-state index contributed by atoms with van der Waals surface area (Å²) in [7, 11) is 1.49. The number of carbonyl (C=O) groups is 2. The average Bonchev–Trinajstić information content (AvgIpc) is 3.12. The van der Waals surface area contributed by atoms with Crippen molar-refractivity contribution in [3.05, 3.63) is 73.8 Å². The summed E-state index contributed by atoms with van der Waals surface area (Å²) in [5.74, 6) is 1.63. The van der Waals surface area contributed by atoms with Gasteiger partial charge in [-0.15, -0.1) is 6.42 Å². The SMILES string of the molecule is C#CCOc1c(Br)cc(/C=C2\SC(=NC(=O)c3ccccc3C)C(C(=O)OCC)=C2O)cc1OC. The van der Waals surface area contributed by atoms with Crippen molar-refractivity contribution in [1.29, 1.82) is 0 Å². The van der Waals surface area contributed by atoms with Gasteiger partial charge in [0.1, 0.15) is 23.0 Å². The highest BCUT2D eigenvalue weighted by Gasteiger charge is 2.34.